The number of para-hydroxylation sites is 1. The molecule has 0 saturated carbocycles. The topological polar surface area (TPSA) is 90.4 Å². The molecular formula is C10H15N3O3S. The van der Waals surface area contributed by atoms with E-state index in [-0.39, 0.29) is 5.69 Å². The van der Waals surface area contributed by atoms with Crippen LogP contribution in [0.15, 0.2) is 18.2 Å². The van der Waals surface area contributed by atoms with Crippen LogP contribution in [0.5, 0.6) is 0 Å². The van der Waals surface area contributed by atoms with Gasteiger partial charge in [-0.15, -0.1) is 0 Å². The lowest BCUT2D eigenvalue weighted by Crippen LogP contribution is -2.11. The number of anilines is 1. The first kappa shape index (κ1) is 13.8. The Morgan fingerprint density at radius 2 is 2.35 bits per heavy atom. The van der Waals surface area contributed by atoms with Gasteiger partial charge in [0.15, 0.2) is 0 Å². The minimum absolute atomic E-state index is 0.00246. The van der Waals surface area contributed by atoms with Gasteiger partial charge < -0.3 is 10.2 Å². The first-order chi connectivity index (χ1) is 8.20. The Kier molecular flexibility index (Phi) is 5.75. The van der Waals surface area contributed by atoms with E-state index in [0.717, 1.165) is 11.3 Å². The van der Waals surface area contributed by atoms with Crippen LogP contribution in [-0.2, 0) is 10.5 Å². The summed E-state index contributed by atoms with van der Waals surface area (Å²) in [5, 5.41) is 10.8. The maximum Gasteiger partial charge on any atom is 0.293 e. The Labute approximate surface area is 104 Å². The molecule has 1 rings (SSSR count). The van der Waals surface area contributed by atoms with E-state index in [0.29, 0.717) is 18.0 Å². The van der Waals surface area contributed by atoms with Crippen LogP contribution in [0.2, 0.25) is 0 Å². The molecule has 0 aliphatic heterocycles. The van der Waals surface area contributed by atoms with Crippen molar-refractivity contribution in [3.63, 3.8) is 0 Å². The van der Waals surface area contributed by atoms with Crippen LogP contribution in [0.1, 0.15) is 5.56 Å². The molecule has 0 heterocycles. The monoisotopic (exact) mass is 257 g/mol. The number of nitrogens with two attached hydrogens (primary N) is 1. The fraction of sp³-hybridized carbons (Fsp3) is 0.400. The molecule has 0 spiro atoms. The number of hydrogen-bond donors (Lipinski definition) is 2. The van der Waals surface area contributed by atoms with Gasteiger partial charge in [0.25, 0.3) is 5.69 Å². The highest BCUT2D eigenvalue weighted by Crippen LogP contribution is 2.29. The molecule has 1 aromatic rings. The van der Waals surface area contributed by atoms with Gasteiger partial charge in [0, 0.05) is 24.7 Å². The summed E-state index contributed by atoms with van der Waals surface area (Å²) in [6, 6.07) is 4.91. The van der Waals surface area contributed by atoms with Gasteiger partial charge in [0.1, 0.15) is 5.69 Å². The lowest BCUT2D eigenvalue weighted by atomic mass is 10.2. The van der Waals surface area contributed by atoms with Crippen LogP contribution in [0.25, 0.3) is 0 Å². The summed E-state index contributed by atoms with van der Waals surface area (Å²) in [5.41, 5.74) is 3.60. The van der Waals surface area contributed by atoms with Crippen molar-refractivity contribution < 1.29 is 9.66 Å². The van der Waals surface area contributed by atoms with Gasteiger partial charge in [-0.2, -0.15) is 11.8 Å². The third-order valence-corrected chi connectivity index (χ3v) is 3.13. The number of nitrogens with zero attached hydrogens (tertiary/aromatic N) is 1. The first-order valence-electron chi connectivity index (χ1n) is 5.00. The molecule has 0 amide bonds. The Balaban J connectivity index is 2.77. The van der Waals surface area contributed by atoms with Gasteiger partial charge in [-0.05, 0) is 5.56 Å². The number of nitro groups is 1. The van der Waals surface area contributed by atoms with E-state index in [1.54, 1.807) is 24.9 Å². The van der Waals surface area contributed by atoms with Crippen LogP contribution in [0.4, 0.5) is 11.4 Å². The van der Waals surface area contributed by atoms with E-state index in [9.17, 15) is 10.1 Å². The van der Waals surface area contributed by atoms with Gasteiger partial charge in [0.05, 0.1) is 11.5 Å². The van der Waals surface area contributed by atoms with E-state index >= 15 is 0 Å². The molecule has 0 aromatic heterocycles. The summed E-state index contributed by atoms with van der Waals surface area (Å²) < 4.78 is 4.93. The normalized spacial score (nSPS) is 10.2. The fourth-order valence-electron chi connectivity index (χ4n) is 1.35. The van der Waals surface area contributed by atoms with Crippen molar-refractivity contribution in [3.05, 3.63) is 33.9 Å². The number of methoxy groups -OCH3 is 1. The second-order valence-corrected chi connectivity index (χ2v) is 4.36. The fourth-order valence-corrected chi connectivity index (χ4v) is 2.24. The number of nitrogen functional groups attached to an aromatic ring is 1. The summed E-state index contributed by atoms with van der Waals surface area (Å²) in [6.07, 6.45) is 0. The molecule has 0 radical (unpaired) electrons. The van der Waals surface area contributed by atoms with Crippen molar-refractivity contribution in [1.29, 1.82) is 0 Å². The van der Waals surface area contributed by atoms with Crippen LogP contribution in [0, 0.1) is 10.1 Å². The van der Waals surface area contributed by atoms with Crippen LogP contribution in [-0.4, -0.2) is 24.4 Å². The van der Waals surface area contributed by atoms with Gasteiger partial charge in [-0.25, -0.2) is 0 Å². The second-order valence-electron chi connectivity index (χ2n) is 3.26. The third kappa shape index (κ3) is 3.88. The number of ether oxygens (including phenoxy) is 1. The SMILES string of the molecule is COCCSCc1cccc([N+](=O)[O-])c1NN. The highest BCUT2D eigenvalue weighted by atomic mass is 32.2. The quantitative estimate of drug-likeness (QED) is 0.335. The molecule has 0 saturated heterocycles. The zero-order valence-corrected chi connectivity index (χ0v) is 10.3. The predicted octanol–water partition coefficient (Wildman–Crippen LogP) is 1.76. The Bertz CT molecular complexity index is 387. The van der Waals surface area contributed by atoms with Gasteiger partial charge >= 0.3 is 0 Å². The van der Waals surface area contributed by atoms with Crippen molar-refractivity contribution in [2.24, 2.45) is 5.84 Å². The molecule has 0 aliphatic carbocycles. The highest BCUT2D eigenvalue weighted by Gasteiger charge is 2.15. The minimum Gasteiger partial charge on any atom is -0.384 e. The van der Waals surface area contributed by atoms with Gasteiger partial charge in [0.2, 0.25) is 0 Å². The zero-order chi connectivity index (χ0) is 12.7. The largest absolute Gasteiger partial charge is 0.384 e. The summed E-state index contributed by atoms with van der Waals surface area (Å²) in [5.74, 6) is 6.83. The smallest absolute Gasteiger partial charge is 0.293 e. The van der Waals surface area contributed by atoms with E-state index in [1.807, 2.05) is 6.07 Å². The molecule has 3 N–H and O–H groups in total. The Morgan fingerprint density at radius 1 is 1.59 bits per heavy atom. The number of thioether (sulfide) groups is 1. The summed E-state index contributed by atoms with van der Waals surface area (Å²) in [6.45, 7) is 0.658. The third-order valence-electron chi connectivity index (χ3n) is 2.16. The zero-order valence-electron chi connectivity index (χ0n) is 9.51. The molecule has 6 nitrogen and oxygen atoms in total. The van der Waals surface area contributed by atoms with E-state index < -0.39 is 4.92 Å². The number of benzene rings is 1. The lowest BCUT2D eigenvalue weighted by molar-refractivity contribution is -0.384. The van der Waals surface area contributed by atoms with Crippen molar-refractivity contribution in [2.75, 3.05) is 24.9 Å². The average molecular weight is 257 g/mol. The van der Waals surface area contributed by atoms with E-state index in [1.165, 1.54) is 6.07 Å². The molecule has 0 bridgehead atoms. The first-order valence-corrected chi connectivity index (χ1v) is 6.15. The van der Waals surface area contributed by atoms with Gasteiger partial charge in [-0.3, -0.25) is 16.0 Å². The number of rotatable bonds is 7. The Morgan fingerprint density at radius 3 is 2.94 bits per heavy atom. The number of hydrogen-bond acceptors (Lipinski definition) is 6. The molecule has 0 unspecified atom stereocenters. The number of nitro benzene ring substituents is 1. The summed E-state index contributed by atoms with van der Waals surface area (Å²) in [4.78, 5) is 10.3. The van der Waals surface area contributed by atoms with Crippen LogP contribution in [0.3, 0.4) is 0 Å². The van der Waals surface area contributed by atoms with Crippen molar-refractivity contribution >= 4 is 23.1 Å². The average Bonchev–Trinajstić information content (AvgIpc) is 2.34. The molecule has 0 aliphatic rings. The van der Waals surface area contributed by atoms with Crippen molar-refractivity contribution in [3.8, 4) is 0 Å². The van der Waals surface area contributed by atoms with E-state index in [2.05, 4.69) is 5.43 Å². The lowest BCUT2D eigenvalue weighted by Gasteiger charge is -2.08. The Hall–Kier alpha value is -1.31. The van der Waals surface area contributed by atoms with Crippen molar-refractivity contribution in [1.82, 2.24) is 0 Å². The maximum atomic E-state index is 10.8. The predicted molar refractivity (Wildman–Crippen MR) is 68.9 cm³/mol. The molecular weight excluding hydrogens is 242 g/mol. The highest BCUT2D eigenvalue weighted by molar-refractivity contribution is 7.98. The second kappa shape index (κ2) is 7.10. The van der Waals surface area contributed by atoms with Crippen molar-refractivity contribution in [2.45, 2.75) is 5.75 Å². The molecule has 1 aromatic carbocycles. The summed E-state index contributed by atoms with van der Waals surface area (Å²) in [7, 11) is 1.64. The molecule has 7 heteroatoms. The molecule has 0 atom stereocenters. The van der Waals surface area contributed by atoms with Crippen LogP contribution >= 0.6 is 11.8 Å². The number of hydrazine groups is 1. The minimum atomic E-state index is -0.446. The standard InChI is InChI=1S/C10H15N3O3S/c1-16-5-6-17-7-8-3-2-4-9(13(14)15)10(8)12-11/h2-4,12H,5-7,11H2,1H3. The van der Waals surface area contributed by atoms with E-state index in [4.69, 9.17) is 10.6 Å². The molecule has 17 heavy (non-hydrogen) atoms. The molecule has 0 fully saturated rings. The molecule has 94 valence electrons. The maximum absolute atomic E-state index is 10.8. The van der Waals surface area contributed by atoms with Gasteiger partial charge in [-0.1, -0.05) is 12.1 Å². The summed E-state index contributed by atoms with van der Waals surface area (Å²) >= 11 is 1.64. The van der Waals surface area contributed by atoms with Crippen LogP contribution < -0.4 is 11.3 Å². The number of nitrogens with one attached hydrogen (secondary N) is 1.